The minimum absolute atomic E-state index is 0.140. The van der Waals surface area contributed by atoms with Gasteiger partial charge in [0.05, 0.1) is 18.2 Å². The van der Waals surface area contributed by atoms with Crippen molar-refractivity contribution >= 4 is 17.4 Å². The van der Waals surface area contributed by atoms with E-state index in [4.69, 9.17) is 4.74 Å². The molecule has 1 amide bonds. The summed E-state index contributed by atoms with van der Waals surface area (Å²) in [5.41, 5.74) is 1.91. The second-order valence-corrected chi connectivity index (χ2v) is 8.86. The molecule has 5 nitrogen and oxygen atoms in total. The number of amides is 1. The molecule has 31 heavy (non-hydrogen) atoms. The molecule has 0 radical (unpaired) electrons. The molecular formula is C26H31NO4. The molecule has 0 spiro atoms. The first kappa shape index (κ1) is 22.6. The SMILES string of the molecule is CCCOc1cccc(N2C(=O)C(O)=C(C(=O)C(C)(C)C)C2c2ccc(CC)cc2)c1. The van der Waals surface area contributed by atoms with Crippen LogP contribution >= 0.6 is 0 Å². The molecule has 0 aliphatic carbocycles. The van der Waals surface area contributed by atoms with Crippen molar-refractivity contribution in [2.75, 3.05) is 11.5 Å². The van der Waals surface area contributed by atoms with Crippen LogP contribution in [-0.2, 0) is 16.0 Å². The minimum atomic E-state index is -0.743. The van der Waals surface area contributed by atoms with Crippen molar-refractivity contribution in [1.29, 1.82) is 0 Å². The summed E-state index contributed by atoms with van der Waals surface area (Å²) in [5, 5.41) is 10.8. The number of nitrogens with zero attached hydrogens (tertiary/aromatic N) is 1. The van der Waals surface area contributed by atoms with Gasteiger partial charge in [-0.2, -0.15) is 0 Å². The molecule has 5 heteroatoms. The smallest absolute Gasteiger partial charge is 0.294 e. The molecule has 1 heterocycles. The third-order valence-corrected chi connectivity index (χ3v) is 5.41. The van der Waals surface area contributed by atoms with Crippen LogP contribution in [0, 0.1) is 5.41 Å². The van der Waals surface area contributed by atoms with E-state index in [9.17, 15) is 14.7 Å². The maximum absolute atomic E-state index is 13.3. The van der Waals surface area contributed by atoms with Gasteiger partial charge in [-0.1, -0.05) is 65.0 Å². The Kier molecular flexibility index (Phi) is 6.54. The van der Waals surface area contributed by atoms with Gasteiger partial charge in [0.2, 0.25) is 0 Å². The number of ketones is 1. The summed E-state index contributed by atoms with van der Waals surface area (Å²) >= 11 is 0. The first-order valence-corrected chi connectivity index (χ1v) is 10.8. The summed E-state index contributed by atoms with van der Waals surface area (Å²) in [4.78, 5) is 28.0. The molecule has 0 bridgehead atoms. The topological polar surface area (TPSA) is 66.8 Å². The number of benzene rings is 2. The molecule has 1 aliphatic heterocycles. The number of aryl methyl sites for hydroxylation is 1. The lowest BCUT2D eigenvalue weighted by Gasteiger charge is -2.29. The third kappa shape index (κ3) is 4.50. The summed E-state index contributed by atoms with van der Waals surface area (Å²) in [6.45, 7) is 10.0. The molecule has 2 aromatic carbocycles. The number of aliphatic hydroxyl groups is 1. The highest BCUT2D eigenvalue weighted by Crippen LogP contribution is 2.44. The minimum Gasteiger partial charge on any atom is -0.503 e. The molecule has 0 aromatic heterocycles. The molecule has 0 saturated heterocycles. The first-order chi connectivity index (χ1) is 14.7. The van der Waals surface area contributed by atoms with Gasteiger partial charge in [0.1, 0.15) is 5.75 Å². The monoisotopic (exact) mass is 421 g/mol. The first-order valence-electron chi connectivity index (χ1n) is 10.8. The summed E-state index contributed by atoms with van der Waals surface area (Å²) in [6.07, 6.45) is 1.76. The lowest BCUT2D eigenvalue weighted by Crippen LogP contribution is -2.32. The van der Waals surface area contributed by atoms with E-state index >= 15 is 0 Å². The van der Waals surface area contributed by atoms with Crippen LogP contribution in [0.1, 0.15) is 58.2 Å². The van der Waals surface area contributed by atoms with Crippen molar-refractivity contribution in [2.24, 2.45) is 5.41 Å². The molecule has 164 valence electrons. The Balaban J connectivity index is 2.13. The average Bonchev–Trinajstić information content (AvgIpc) is 3.02. The molecule has 1 atom stereocenters. The predicted octanol–water partition coefficient (Wildman–Crippen LogP) is 5.55. The average molecular weight is 422 g/mol. The summed E-state index contributed by atoms with van der Waals surface area (Å²) in [5.74, 6) is -0.666. The number of hydrogen-bond acceptors (Lipinski definition) is 4. The van der Waals surface area contributed by atoms with E-state index in [1.807, 2.05) is 43.3 Å². The number of anilines is 1. The lowest BCUT2D eigenvalue weighted by molar-refractivity contribution is -0.123. The number of hydrogen-bond donors (Lipinski definition) is 1. The zero-order valence-corrected chi connectivity index (χ0v) is 18.9. The number of aliphatic hydroxyl groups excluding tert-OH is 1. The summed E-state index contributed by atoms with van der Waals surface area (Å²) in [6, 6.07) is 14.4. The van der Waals surface area contributed by atoms with Gasteiger partial charge in [0, 0.05) is 17.2 Å². The second kappa shape index (κ2) is 8.96. The highest BCUT2D eigenvalue weighted by molar-refractivity contribution is 6.17. The Labute approximate surface area is 184 Å². The molecule has 0 fully saturated rings. The van der Waals surface area contributed by atoms with E-state index in [1.54, 1.807) is 32.9 Å². The van der Waals surface area contributed by atoms with Crippen LogP contribution in [-0.4, -0.2) is 23.4 Å². The Hall–Kier alpha value is -3.08. The summed E-state index contributed by atoms with van der Waals surface area (Å²) in [7, 11) is 0. The molecular weight excluding hydrogens is 390 g/mol. The van der Waals surface area contributed by atoms with Gasteiger partial charge in [0.25, 0.3) is 5.91 Å². The highest BCUT2D eigenvalue weighted by Gasteiger charge is 2.46. The van der Waals surface area contributed by atoms with E-state index in [2.05, 4.69) is 6.92 Å². The van der Waals surface area contributed by atoms with E-state index < -0.39 is 23.1 Å². The van der Waals surface area contributed by atoms with Gasteiger partial charge < -0.3 is 9.84 Å². The fourth-order valence-electron chi connectivity index (χ4n) is 3.70. The van der Waals surface area contributed by atoms with E-state index in [0.717, 1.165) is 24.0 Å². The number of carbonyl (C=O) groups excluding carboxylic acids is 2. The van der Waals surface area contributed by atoms with E-state index in [0.29, 0.717) is 18.0 Å². The largest absolute Gasteiger partial charge is 0.503 e. The van der Waals surface area contributed by atoms with Gasteiger partial charge in [-0.15, -0.1) is 0 Å². The number of Topliss-reactive ketones (excluding diaryl/α,β-unsaturated/α-hetero) is 1. The van der Waals surface area contributed by atoms with Crippen molar-refractivity contribution in [2.45, 2.75) is 53.5 Å². The highest BCUT2D eigenvalue weighted by atomic mass is 16.5. The third-order valence-electron chi connectivity index (χ3n) is 5.41. The van der Waals surface area contributed by atoms with Gasteiger partial charge in [-0.05, 0) is 36.1 Å². The Morgan fingerprint density at radius 1 is 1.10 bits per heavy atom. The van der Waals surface area contributed by atoms with Crippen LogP contribution < -0.4 is 9.64 Å². The molecule has 3 rings (SSSR count). The van der Waals surface area contributed by atoms with Crippen molar-refractivity contribution < 1.29 is 19.4 Å². The quantitative estimate of drug-likeness (QED) is 0.636. The fraction of sp³-hybridized carbons (Fsp3) is 0.385. The van der Waals surface area contributed by atoms with Crippen LogP contribution in [0.4, 0.5) is 5.69 Å². The van der Waals surface area contributed by atoms with Crippen LogP contribution in [0.15, 0.2) is 59.9 Å². The molecule has 1 N–H and O–H groups in total. The predicted molar refractivity (Wildman–Crippen MR) is 122 cm³/mol. The van der Waals surface area contributed by atoms with Gasteiger partial charge in [-0.25, -0.2) is 0 Å². The maximum atomic E-state index is 13.3. The number of carbonyl (C=O) groups is 2. The Morgan fingerprint density at radius 2 is 1.77 bits per heavy atom. The summed E-state index contributed by atoms with van der Waals surface area (Å²) < 4.78 is 5.74. The fourth-order valence-corrected chi connectivity index (χ4v) is 3.70. The van der Waals surface area contributed by atoms with Gasteiger partial charge >= 0.3 is 0 Å². The van der Waals surface area contributed by atoms with Gasteiger partial charge in [0.15, 0.2) is 11.5 Å². The van der Waals surface area contributed by atoms with Crippen LogP contribution in [0.25, 0.3) is 0 Å². The molecule has 1 unspecified atom stereocenters. The second-order valence-electron chi connectivity index (χ2n) is 8.86. The van der Waals surface area contributed by atoms with Crippen LogP contribution in [0.5, 0.6) is 5.75 Å². The Morgan fingerprint density at radius 3 is 2.35 bits per heavy atom. The molecule has 0 saturated carbocycles. The van der Waals surface area contributed by atoms with E-state index in [1.165, 1.54) is 4.90 Å². The number of rotatable bonds is 7. The zero-order chi connectivity index (χ0) is 22.8. The van der Waals surface area contributed by atoms with Crippen molar-refractivity contribution in [3.8, 4) is 5.75 Å². The molecule has 2 aromatic rings. The van der Waals surface area contributed by atoms with E-state index in [-0.39, 0.29) is 11.4 Å². The Bertz CT molecular complexity index is 999. The van der Waals surface area contributed by atoms with Crippen LogP contribution in [0.2, 0.25) is 0 Å². The lowest BCUT2D eigenvalue weighted by atomic mass is 9.82. The molecule has 1 aliphatic rings. The number of ether oxygens (including phenoxy) is 1. The van der Waals surface area contributed by atoms with Crippen molar-refractivity contribution in [3.05, 3.63) is 71.0 Å². The van der Waals surface area contributed by atoms with Crippen molar-refractivity contribution in [1.82, 2.24) is 0 Å². The van der Waals surface area contributed by atoms with Crippen LogP contribution in [0.3, 0.4) is 0 Å². The zero-order valence-electron chi connectivity index (χ0n) is 18.9. The van der Waals surface area contributed by atoms with Crippen molar-refractivity contribution in [3.63, 3.8) is 0 Å². The normalized spacial score (nSPS) is 16.7. The maximum Gasteiger partial charge on any atom is 0.294 e. The standard InChI is InChI=1S/C26H31NO4/c1-6-15-31-20-10-8-9-19(16-20)27-22(18-13-11-17(7-2)12-14-18)21(23(28)25(27)30)24(29)26(3,4)5/h8-14,16,22,28H,6-7,15H2,1-5H3. The van der Waals surface area contributed by atoms with Gasteiger partial charge in [-0.3, -0.25) is 14.5 Å².